The van der Waals surface area contributed by atoms with Gasteiger partial charge in [0.25, 0.3) is 10.0 Å². The van der Waals surface area contributed by atoms with Crippen LogP contribution >= 0.6 is 11.6 Å². The van der Waals surface area contributed by atoms with Gasteiger partial charge < -0.3 is 10.2 Å². The predicted octanol–water partition coefficient (Wildman–Crippen LogP) is 5.01. The summed E-state index contributed by atoms with van der Waals surface area (Å²) in [4.78, 5) is 28.2. The highest BCUT2D eigenvalue weighted by molar-refractivity contribution is 7.92. The Balaban J connectivity index is 2.02. The van der Waals surface area contributed by atoms with Gasteiger partial charge in [0, 0.05) is 18.1 Å². The quantitative estimate of drug-likeness (QED) is 0.338. The van der Waals surface area contributed by atoms with Gasteiger partial charge in [-0.1, -0.05) is 55.8 Å². The van der Waals surface area contributed by atoms with E-state index in [1.807, 2.05) is 6.92 Å². The second-order valence-corrected chi connectivity index (χ2v) is 11.0. The van der Waals surface area contributed by atoms with E-state index in [0.29, 0.717) is 30.0 Å². The van der Waals surface area contributed by atoms with Gasteiger partial charge in [0.1, 0.15) is 18.4 Å². The molecule has 10 heteroatoms. The summed E-state index contributed by atoms with van der Waals surface area (Å²) in [5.74, 6) is -1.35. The van der Waals surface area contributed by atoms with Crippen molar-refractivity contribution in [2.24, 2.45) is 0 Å². The normalized spacial score (nSPS) is 12.0. The minimum Gasteiger partial charge on any atom is -0.354 e. The minimum atomic E-state index is -4.15. The lowest BCUT2D eigenvalue weighted by atomic mass is 10.1. The molecule has 0 saturated heterocycles. The van der Waals surface area contributed by atoms with Gasteiger partial charge in [-0.25, -0.2) is 12.8 Å². The maximum atomic E-state index is 13.9. The number of amides is 2. The molecule has 0 aromatic heterocycles. The maximum Gasteiger partial charge on any atom is 0.264 e. The van der Waals surface area contributed by atoms with Crippen molar-refractivity contribution in [1.82, 2.24) is 10.2 Å². The second kappa shape index (κ2) is 13.4. The van der Waals surface area contributed by atoms with Gasteiger partial charge in [-0.2, -0.15) is 0 Å². The number of rotatable bonds is 12. The molecule has 3 aromatic carbocycles. The molecular formula is C28H31ClFN3O4S. The van der Waals surface area contributed by atoms with Crippen molar-refractivity contribution < 1.29 is 22.4 Å². The molecule has 3 aromatic rings. The topological polar surface area (TPSA) is 86.8 Å². The summed E-state index contributed by atoms with van der Waals surface area (Å²) in [6, 6.07) is 18.7. The van der Waals surface area contributed by atoms with E-state index in [0.717, 1.165) is 4.31 Å². The van der Waals surface area contributed by atoms with Crippen molar-refractivity contribution in [3.05, 3.63) is 95.3 Å². The first-order valence-electron chi connectivity index (χ1n) is 12.3. The molecule has 2 amide bonds. The molecule has 0 bridgehead atoms. The minimum absolute atomic E-state index is 0.00297. The van der Waals surface area contributed by atoms with Crippen LogP contribution in [-0.4, -0.2) is 44.3 Å². The number of nitrogens with one attached hydrogen (secondary N) is 1. The summed E-state index contributed by atoms with van der Waals surface area (Å²) in [5, 5.41) is 3.23. The Morgan fingerprint density at radius 3 is 2.16 bits per heavy atom. The van der Waals surface area contributed by atoms with E-state index in [4.69, 9.17) is 11.6 Å². The molecule has 3 rings (SSSR count). The molecule has 0 aliphatic carbocycles. The van der Waals surface area contributed by atoms with Crippen molar-refractivity contribution in [1.29, 1.82) is 0 Å². The van der Waals surface area contributed by atoms with E-state index in [9.17, 15) is 22.4 Å². The fourth-order valence-electron chi connectivity index (χ4n) is 3.93. The van der Waals surface area contributed by atoms with Gasteiger partial charge in [-0.15, -0.1) is 0 Å². The third-order valence-corrected chi connectivity index (χ3v) is 7.97. The molecule has 0 spiro atoms. The summed E-state index contributed by atoms with van der Waals surface area (Å²) < 4.78 is 41.9. The Labute approximate surface area is 228 Å². The van der Waals surface area contributed by atoms with E-state index in [1.165, 1.54) is 65.6 Å². The molecule has 0 fully saturated rings. The third-order valence-electron chi connectivity index (χ3n) is 5.93. The fraction of sp³-hybridized carbons (Fsp3) is 0.286. The molecular weight excluding hydrogens is 529 g/mol. The fourth-order valence-corrected chi connectivity index (χ4v) is 5.49. The molecule has 0 saturated carbocycles. The maximum absolute atomic E-state index is 13.9. The van der Waals surface area contributed by atoms with Crippen LogP contribution < -0.4 is 9.62 Å². The van der Waals surface area contributed by atoms with Crippen molar-refractivity contribution in [3.63, 3.8) is 0 Å². The molecule has 7 nitrogen and oxygen atoms in total. The SMILES string of the molecule is CCCNC(=O)[C@H](CC)N(Cc1ccc(F)cc1)C(=O)CN(c1ccc(Cl)cc1)S(=O)(=O)c1ccccc1. The van der Waals surface area contributed by atoms with E-state index in [-0.39, 0.29) is 23.0 Å². The summed E-state index contributed by atoms with van der Waals surface area (Å²) in [7, 11) is -4.15. The largest absolute Gasteiger partial charge is 0.354 e. The van der Waals surface area contributed by atoms with Crippen molar-refractivity contribution >= 4 is 39.1 Å². The summed E-state index contributed by atoms with van der Waals surface area (Å²) >= 11 is 6.03. The number of carbonyl (C=O) groups is 2. The van der Waals surface area contributed by atoms with Crippen LogP contribution in [0.2, 0.25) is 5.02 Å². The number of benzene rings is 3. The number of carbonyl (C=O) groups excluding carboxylic acids is 2. The standard InChI is InChI=1S/C28H31ClFN3O4S/c1-3-18-31-28(35)26(4-2)32(19-21-10-14-23(30)15-11-21)27(34)20-33(24-16-12-22(29)13-17-24)38(36,37)25-8-6-5-7-9-25/h5-17,26H,3-4,18-20H2,1-2H3,(H,31,35)/t26-/m0/s1. The van der Waals surface area contributed by atoms with Gasteiger partial charge in [0.05, 0.1) is 10.6 Å². The Bertz CT molecular complexity index is 1320. The van der Waals surface area contributed by atoms with Crippen molar-refractivity contribution in [2.45, 2.75) is 44.2 Å². The van der Waals surface area contributed by atoms with Gasteiger partial charge in [-0.05, 0) is 66.9 Å². The molecule has 1 atom stereocenters. The number of nitrogens with zero attached hydrogens (tertiary/aromatic N) is 2. The monoisotopic (exact) mass is 559 g/mol. The lowest BCUT2D eigenvalue weighted by molar-refractivity contribution is -0.140. The Morgan fingerprint density at radius 2 is 1.58 bits per heavy atom. The number of halogens is 2. The van der Waals surface area contributed by atoms with Crippen LogP contribution in [0.5, 0.6) is 0 Å². The highest BCUT2D eigenvalue weighted by Gasteiger charge is 2.33. The number of hydrogen-bond donors (Lipinski definition) is 1. The average Bonchev–Trinajstić information content (AvgIpc) is 2.92. The number of anilines is 1. The van der Waals surface area contributed by atoms with E-state index < -0.39 is 34.3 Å². The summed E-state index contributed by atoms with van der Waals surface area (Å²) in [6.07, 6.45) is 1.02. The summed E-state index contributed by atoms with van der Waals surface area (Å²) in [6.45, 7) is 3.57. The molecule has 0 unspecified atom stereocenters. The van der Waals surface area contributed by atoms with Crippen LogP contribution in [-0.2, 0) is 26.2 Å². The van der Waals surface area contributed by atoms with Crippen LogP contribution in [0.15, 0.2) is 83.8 Å². The highest BCUT2D eigenvalue weighted by atomic mass is 35.5. The number of hydrogen-bond acceptors (Lipinski definition) is 4. The van der Waals surface area contributed by atoms with Gasteiger partial charge in [0.15, 0.2) is 0 Å². The zero-order chi connectivity index (χ0) is 27.7. The third kappa shape index (κ3) is 7.33. The van der Waals surface area contributed by atoms with E-state index in [1.54, 1.807) is 25.1 Å². The van der Waals surface area contributed by atoms with Crippen molar-refractivity contribution in [2.75, 3.05) is 17.4 Å². The lowest BCUT2D eigenvalue weighted by Gasteiger charge is -2.33. The molecule has 0 radical (unpaired) electrons. The molecule has 1 N–H and O–H groups in total. The molecule has 0 aliphatic heterocycles. The zero-order valence-electron chi connectivity index (χ0n) is 21.3. The number of sulfonamides is 1. The van der Waals surface area contributed by atoms with Gasteiger partial charge in [-0.3, -0.25) is 13.9 Å². The molecule has 0 aliphatic rings. The highest BCUT2D eigenvalue weighted by Crippen LogP contribution is 2.26. The second-order valence-electron chi connectivity index (χ2n) is 8.66. The van der Waals surface area contributed by atoms with Crippen LogP contribution in [0.1, 0.15) is 32.3 Å². The van der Waals surface area contributed by atoms with Crippen LogP contribution in [0.25, 0.3) is 0 Å². The first-order chi connectivity index (χ1) is 18.2. The predicted molar refractivity (Wildman–Crippen MR) is 147 cm³/mol. The van der Waals surface area contributed by atoms with Crippen LogP contribution in [0.4, 0.5) is 10.1 Å². The Kier molecular flexibility index (Phi) is 10.3. The smallest absolute Gasteiger partial charge is 0.264 e. The van der Waals surface area contributed by atoms with Crippen LogP contribution in [0.3, 0.4) is 0 Å². The molecule has 0 heterocycles. The van der Waals surface area contributed by atoms with Crippen molar-refractivity contribution in [3.8, 4) is 0 Å². The first-order valence-corrected chi connectivity index (χ1v) is 14.1. The van der Waals surface area contributed by atoms with E-state index >= 15 is 0 Å². The van der Waals surface area contributed by atoms with Gasteiger partial charge >= 0.3 is 0 Å². The molecule has 202 valence electrons. The van der Waals surface area contributed by atoms with Gasteiger partial charge in [0.2, 0.25) is 11.8 Å². The zero-order valence-corrected chi connectivity index (χ0v) is 22.9. The Hall–Kier alpha value is -3.43. The van der Waals surface area contributed by atoms with E-state index in [2.05, 4.69) is 5.32 Å². The first kappa shape index (κ1) is 29.1. The molecule has 38 heavy (non-hydrogen) atoms. The van der Waals surface area contributed by atoms with Crippen LogP contribution in [0, 0.1) is 5.82 Å². The Morgan fingerprint density at radius 1 is 0.947 bits per heavy atom. The lowest BCUT2D eigenvalue weighted by Crippen LogP contribution is -2.52. The average molecular weight is 560 g/mol. The summed E-state index contributed by atoms with van der Waals surface area (Å²) in [5.41, 5.74) is 0.849.